The normalized spacial score (nSPS) is 22.6. The average molecular weight is 341 g/mol. The molecule has 2 atom stereocenters. The van der Waals surface area contributed by atoms with Gasteiger partial charge in [0, 0.05) is 19.3 Å². The Labute approximate surface area is 147 Å². The Morgan fingerprint density at radius 1 is 1.28 bits per heavy atom. The van der Waals surface area contributed by atoms with Gasteiger partial charge in [0.2, 0.25) is 5.91 Å². The highest BCUT2D eigenvalue weighted by atomic mass is 16.5. The van der Waals surface area contributed by atoms with Crippen molar-refractivity contribution in [3.05, 3.63) is 53.3 Å². The van der Waals surface area contributed by atoms with E-state index in [9.17, 15) is 4.79 Å². The molecule has 0 radical (unpaired) electrons. The highest BCUT2D eigenvalue weighted by Crippen LogP contribution is 2.25. The molecule has 6 nitrogen and oxygen atoms in total. The Balaban J connectivity index is 1.41. The molecule has 0 aliphatic carbocycles. The lowest BCUT2D eigenvalue weighted by Crippen LogP contribution is -2.36. The fraction of sp³-hybridized carbons (Fsp3) is 0.474. The van der Waals surface area contributed by atoms with Crippen LogP contribution < -0.4 is 5.32 Å². The topological polar surface area (TPSA) is 65.4 Å². The highest BCUT2D eigenvalue weighted by molar-refractivity contribution is 5.79. The van der Waals surface area contributed by atoms with Gasteiger partial charge in [-0.1, -0.05) is 30.3 Å². The number of benzene rings is 1. The molecule has 25 heavy (non-hydrogen) atoms. The van der Waals surface area contributed by atoms with Gasteiger partial charge in [0.1, 0.15) is 6.10 Å². The van der Waals surface area contributed by atoms with Gasteiger partial charge in [-0.05, 0) is 24.0 Å². The maximum absolute atomic E-state index is 12.2. The molecular weight excluding hydrogens is 318 g/mol. The van der Waals surface area contributed by atoms with Crippen molar-refractivity contribution < 1.29 is 14.3 Å². The summed E-state index contributed by atoms with van der Waals surface area (Å²) in [6.45, 7) is 3.06. The predicted molar refractivity (Wildman–Crippen MR) is 92.1 cm³/mol. The number of hydrogen-bond donors (Lipinski definition) is 1. The highest BCUT2D eigenvalue weighted by Gasteiger charge is 2.28. The van der Waals surface area contributed by atoms with E-state index in [0.29, 0.717) is 26.4 Å². The Morgan fingerprint density at radius 3 is 2.96 bits per heavy atom. The Kier molecular flexibility index (Phi) is 4.81. The van der Waals surface area contributed by atoms with Crippen LogP contribution in [0.1, 0.15) is 29.3 Å². The monoisotopic (exact) mass is 341 g/mol. The minimum absolute atomic E-state index is 0.0290. The van der Waals surface area contributed by atoms with Crippen molar-refractivity contribution in [2.45, 2.75) is 25.5 Å². The number of ether oxygens (including phenoxy) is 2. The molecule has 0 bridgehead atoms. The molecule has 0 unspecified atom stereocenters. The van der Waals surface area contributed by atoms with Gasteiger partial charge in [-0.3, -0.25) is 9.48 Å². The molecular formula is C19H23N3O3. The van der Waals surface area contributed by atoms with Crippen molar-refractivity contribution in [3.8, 4) is 0 Å². The molecule has 4 rings (SSSR count). The molecule has 1 N–H and O–H groups in total. The summed E-state index contributed by atoms with van der Waals surface area (Å²) in [7, 11) is 0. The summed E-state index contributed by atoms with van der Waals surface area (Å²) in [5.74, 6) is 0.0237. The summed E-state index contributed by atoms with van der Waals surface area (Å²) >= 11 is 0. The maximum atomic E-state index is 12.2. The summed E-state index contributed by atoms with van der Waals surface area (Å²) in [6.07, 6.45) is 3.59. The van der Waals surface area contributed by atoms with Gasteiger partial charge in [0.25, 0.3) is 0 Å². The molecule has 1 amide bonds. The fourth-order valence-corrected chi connectivity index (χ4v) is 3.42. The molecule has 0 spiro atoms. The first-order chi connectivity index (χ1) is 12.3. The van der Waals surface area contributed by atoms with Crippen molar-refractivity contribution in [1.29, 1.82) is 0 Å². The van der Waals surface area contributed by atoms with Crippen LogP contribution in [0.4, 0.5) is 0 Å². The Morgan fingerprint density at radius 2 is 2.16 bits per heavy atom. The van der Waals surface area contributed by atoms with Gasteiger partial charge in [-0.2, -0.15) is 5.10 Å². The zero-order valence-corrected chi connectivity index (χ0v) is 14.2. The number of nitrogens with one attached hydrogen (secondary N) is 1. The van der Waals surface area contributed by atoms with E-state index in [1.54, 1.807) is 0 Å². The fourth-order valence-electron chi connectivity index (χ4n) is 3.42. The van der Waals surface area contributed by atoms with E-state index in [4.69, 9.17) is 14.6 Å². The third kappa shape index (κ3) is 3.75. The minimum atomic E-state index is -0.174. The van der Waals surface area contributed by atoms with E-state index >= 15 is 0 Å². The van der Waals surface area contributed by atoms with Gasteiger partial charge in [0.05, 0.1) is 31.4 Å². The van der Waals surface area contributed by atoms with Crippen LogP contribution in [0, 0.1) is 5.92 Å². The molecule has 1 fully saturated rings. The number of rotatable bonds is 5. The zero-order chi connectivity index (χ0) is 17.1. The summed E-state index contributed by atoms with van der Waals surface area (Å²) in [4.78, 5) is 12.2. The number of aromatic nitrogens is 2. The average Bonchev–Trinajstić information content (AvgIpc) is 3.30. The number of fused-ring (bicyclic) bond motifs is 1. The number of carbonyl (C=O) groups is 1. The lowest BCUT2D eigenvalue weighted by atomic mass is 10.1. The summed E-state index contributed by atoms with van der Waals surface area (Å²) < 4.78 is 13.1. The van der Waals surface area contributed by atoms with Crippen LogP contribution in [-0.2, 0) is 27.2 Å². The number of amides is 1. The van der Waals surface area contributed by atoms with E-state index < -0.39 is 0 Å². The number of nitrogens with zero attached hydrogens (tertiary/aromatic N) is 2. The van der Waals surface area contributed by atoms with Gasteiger partial charge in [0.15, 0.2) is 0 Å². The molecule has 2 aromatic rings. The van der Waals surface area contributed by atoms with Crippen LogP contribution in [0.3, 0.4) is 0 Å². The van der Waals surface area contributed by atoms with Gasteiger partial charge in [-0.15, -0.1) is 0 Å². The molecule has 1 aromatic carbocycles. The van der Waals surface area contributed by atoms with Crippen LogP contribution in [0.15, 0.2) is 36.5 Å². The first-order valence-corrected chi connectivity index (χ1v) is 8.87. The van der Waals surface area contributed by atoms with Crippen LogP contribution in [-0.4, -0.2) is 42.1 Å². The van der Waals surface area contributed by atoms with E-state index in [-0.39, 0.29) is 17.9 Å². The second kappa shape index (κ2) is 7.37. The summed E-state index contributed by atoms with van der Waals surface area (Å²) in [6, 6.07) is 10.3. The molecule has 1 aromatic heterocycles. The van der Waals surface area contributed by atoms with E-state index in [2.05, 4.69) is 23.6 Å². The summed E-state index contributed by atoms with van der Waals surface area (Å²) in [5, 5.41) is 7.72. The Hall–Kier alpha value is -2.18. The molecule has 132 valence electrons. The molecule has 2 aliphatic heterocycles. The van der Waals surface area contributed by atoms with Crippen LogP contribution >= 0.6 is 0 Å². The van der Waals surface area contributed by atoms with E-state index in [0.717, 1.165) is 25.1 Å². The maximum Gasteiger partial charge on any atom is 0.225 e. The second-order valence-corrected chi connectivity index (χ2v) is 6.64. The van der Waals surface area contributed by atoms with Crippen LogP contribution in [0.2, 0.25) is 0 Å². The van der Waals surface area contributed by atoms with Crippen molar-refractivity contribution >= 4 is 5.91 Å². The Bertz CT molecular complexity index is 723. The van der Waals surface area contributed by atoms with Crippen LogP contribution in [0.5, 0.6) is 0 Å². The van der Waals surface area contributed by atoms with Gasteiger partial charge >= 0.3 is 0 Å². The molecule has 3 heterocycles. The molecule has 6 heteroatoms. The third-order valence-corrected chi connectivity index (χ3v) is 4.82. The SMILES string of the molecule is O=C(NC[C@@H]1OCCc2cn(Cc3ccccc3)nc21)[C@H]1CCOC1. The first-order valence-electron chi connectivity index (χ1n) is 8.87. The van der Waals surface area contributed by atoms with Crippen molar-refractivity contribution in [2.75, 3.05) is 26.4 Å². The smallest absolute Gasteiger partial charge is 0.225 e. The molecule has 2 aliphatic rings. The standard InChI is InChI=1S/C19H23N3O3/c23-19(16-6-8-24-13-16)20-10-17-18-15(7-9-25-17)12-22(21-18)11-14-4-2-1-3-5-14/h1-5,12,16-17H,6-11,13H2,(H,20,23)/t16-,17-/m0/s1. The largest absolute Gasteiger partial charge is 0.381 e. The van der Waals surface area contributed by atoms with Crippen LogP contribution in [0.25, 0.3) is 0 Å². The van der Waals surface area contributed by atoms with E-state index in [1.165, 1.54) is 11.1 Å². The van der Waals surface area contributed by atoms with Crippen molar-refractivity contribution in [3.63, 3.8) is 0 Å². The molecule has 1 saturated heterocycles. The molecule has 0 saturated carbocycles. The predicted octanol–water partition coefficient (Wildman–Crippen LogP) is 1.70. The second-order valence-electron chi connectivity index (χ2n) is 6.64. The van der Waals surface area contributed by atoms with Gasteiger partial charge in [-0.25, -0.2) is 0 Å². The van der Waals surface area contributed by atoms with Crippen molar-refractivity contribution in [2.24, 2.45) is 5.92 Å². The number of carbonyl (C=O) groups excluding carboxylic acids is 1. The zero-order valence-electron chi connectivity index (χ0n) is 14.2. The first kappa shape index (κ1) is 16.3. The number of hydrogen-bond acceptors (Lipinski definition) is 4. The van der Waals surface area contributed by atoms with E-state index in [1.807, 2.05) is 22.9 Å². The quantitative estimate of drug-likeness (QED) is 0.899. The third-order valence-electron chi connectivity index (χ3n) is 4.82. The summed E-state index contributed by atoms with van der Waals surface area (Å²) in [5.41, 5.74) is 3.38. The minimum Gasteiger partial charge on any atom is -0.381 e. The lowest BCUT2D eigenvalue weighted by molar-refractivity contribution is -0.125. The lowest BCUT2D eigenvalue weighted by Gasteiger charge is -2.22. The van der Waals surface area contributed by atoms with Gasteiger partial charge < -0.3 is 14.8 Å². The van der Waals surface area contributed by atoms with Crippen molar-refractivity contribution in [1.82, 2.24) is 15.1 Å².